The van der Waals surface area contributed by atoms with Crippen LogP contribution in [0.15, 0.2) is 6.20 Å². The molecule has 0 saturated heterocycles. The second kappa shape index (κ2) is 7.76. The van der Waals surface area contributed by atoms with Gasteiger partial charge in [0.05, 0.1) is 0 Å². The molecule has 1 aromatic rings. The Balaban J connectivity index is 2.04. The van der Waals surface area contributed by atoms with Gasteiger partial charge < -0.3 is 10.2 Å². The van der Waals surface area contributed by atoms with Crippen molar-refractivity contribution >= 4 is 11.3 Å². The molecule has 1 heterocycles. The van der Waals surface area contributed by atoms with E-state index >= 15 is 0 Å². The van der Waals surface area contributed by atoms with E-state index in [2.05, 4.69) is 36.0 Å². The molecule has 0 bridgehead atoms. The van der Waals surface area contributed by atoms with Gasteiger partial charge in [-0.25, -0.2) is 4.98 Å². The number of rotatable bonds is 8. The van der Waals surface area contributed by atoms with E-state index in [0.717, 1.165) is 26.2 Å². The highest BCUT2D eigenvalue weighted by Crippen LogP contribution is 2.10. The highest BCUT2D eigenvalue weighted by Gasteiger charge is 1.99. The van der Waals surface area contributed by atoms with Crippen LogP contribution >= 0.6 is 11.3 Å². The van der Waals surface area contributed by atoms with Crippen molar-refractivity contribution in [3.05, 3.63) is 16.1 Å². The third kappa shape index (κ3) is 5.05. The summed E-state index contributed by atoms with van der Waals surface area (Å²) in [5.74, 6) is 0. The normalized spacial score (nSPS) is 11.2. The monoisotopic (exact) mass is 241 g/mol. The van der Waals surface area contributed by atoms with E-state index in [4.69, 9.17) is 0 Å². The second-order valence-corrected chi connectivity index (χ2v) is 5.24. The van der Waals surface area contributed by atoms with Gasteiger partial charge in [-0.2, -0.15) is 0 Å². The molecule has 1 aromatic heterocycles. The summed E-state index contributed by atoms with van der Waals surface area (Å²) >= 11 is 1.78. The smallest absolute Gasteiger partial charge is 0.107 e. The van der Waals surface area contributed by atoms with Crippen LogP contribution in [-0.2, 0) is 6.54 Å². The summed E-state index contributed by atoms with van der Waals surface area (Å²) in [6, 6.07) is 0. The van der Waals surface area contributed by atoms with Crippen LogP contribution in [0.5, 0.6) is 0 Å². The predicted octanol–water partition coefficient (Wildman–Crippen LogP) is 2.27. The highest BCUT2D eigenvalue weighted by molar-refractivity contribution is 7.11. The number of nitrogens with one attached hydrogen (secondary N) is 1. The Hall–Kier alpha value is -0.450. The van der Waals surface area contributed by atoms with Gasteiger partial charge in [0.2, 0.25) is 0 Å². The second-order valence-electron chi connectivity index (χ2n) is 3.92. The largest absolute Gasteiger partial charge is 0.310 e. The summed E-state index contributed by atoms with van der Waals surface area (Å²) in [6.07, 6.45) is 3.16. The molecule has 4 heteroatoms. The van der Waals surface area contributed by atoms with Crippen molar-refractivity contribution in [3.63, 3.8) is 0 Å². The molecule has 0 saturated carbocycles. The molecule has 0 fully saturated rings. The molecule has 0 amide bonds. The lowest BCUT2D eigenvalue weighted by Crippen LogP contribution is -2.27. The van der Waals surface area contributed by atoms with Gasteiger partial charge in [0, 0.05) is 17.6 Å². The summed E-state index contributed by atoms with van der Waals surface area (Å²) in [6.45, 7) is 12.0. The van der Waals surface area contributed by atoms with Gasteiger partial charge in [0.25, 0.3) is 0 Å². The Bertz CT molecular complexity index is 282. The molecule has 0 aliphatic rings. The van der Waals surface area contributed by atoms with Gasteiger partial charge in [-0.3, -0.25) is 0 Å². The Kier molecular flexibility index (Phi) is 6.61. The first kappa shape index (κ1) is 13.6. The lowest BCUT2D eigenvalue weighted by Gasteiger charge is -2.17. The fraction of sp³-hybridized carbons (Fsp3) is 0.750. The van der Waals surface area contributed by atoms with E-state index in [1.807, 2.05) is 6.20 Å². The van der Waals surface area contributed by atoms with Crippen LogP contribution in [0.4, 0.5) is 0 Å². The quantitative estimate of drug-likeness (QED) is 0.708. The lowest BCUT2D eigenvalue weighted by atomic mass is 10.3. The summed E-state index contributed by atoms with van der Waals surface area (Å²) in [4.78, 5) is 8.07. The van der Waals surface area contributed by atoms with E-state index < -0.39 is 0 Å². The number of aromatic nitrogens is 1. The molecule has 0 aromatic carbocycles. The van der Waals surface area contributed by atoms with Crippen molar-refractivity contribution in [3.8, 4) is 0 Å². The van der Waals surface area contributed by atoms with E-state index in [9.17, 15) is 0 Å². The zero-order chi connectivity index (χ0) is 11.8. The van der Waals surface area contributed by atoms with E-state index in [1.54, 1.807) is 11.3 Å². The summed E-state index contributed by atoms with van der Waals surface area (Å²) in [5, 5.41) is 4.63. The maximum atomic E-state index is 4.33. The van der Waals surface area contributed by atoms with Crippen LogP contribution in [0.2, 0.25) is 0 Å². The molecule has 3 nitrogen and oxygen atoms in total. The van der Waals surface area contributed by atoms with Gasteiger partial charge in [-0.05, 0) is 39.5 Å². The molecule has 1 rings (SSSR count). The van der Waals surface area contributed by atoms with E-state index in [1.165, 1.54) is 22.9 Å². The molecule has 92 valence electrons. The zero-order valence-electron chi connectivity index (χ0n) is 10.6. The average Bonchev–Trinajstić information content (AvgIpc) is 2.70. The zero-order valence-corrected chi connectivity index (χ0v) is 11.4. The Morgan fingerprint density at radius 2 is 2.12 bits per heavy atom. The lowest BCUT2D eigenvalue weighted by molar-refractivity contribution is 0.298. The fourth-order valence-corrected chi connectivity index (χ4v) is 2.40. The standard InChI is InChI=1S/C12H23N3S/c1-4-15(5-2)8-6-7-13-10-12-14-9-11(3)16-12/h9,13H,4-8,10H2,1-3H3. The summed E-state index contributed by atoms with van der Waals surface area (Å²) < 4.78 is 0. The molecule has 0 aliphatic carbocycles. The van der Waals surface area contributed by atoms with Crippen LogP contribution in [0.3, 0.4) is 0 Å². The fourth-order valence-electron chi connectivity index (χ4n) is 1.65. The van der Waals surface area contributed by atoms with Gasteiger partial charge in [0.1, 0.15) is 5.01 Å². The van der Waals surface area contributed by atoms with Crippen molar-refractivity contribution < 1.29 is 0 Å². The van der Waals surface area contributed by atoms with Crippen LogP contribution in [0.25, 0.3) is 0 Å². The molecule has 0 aliphatic heterocycles. The molecule has 0 atom stereocenters. The van der Waals surface area contributed by atoms with Crippen LogP contribution < -0.4 is 5.32 Å². The van der Waals surface area contributed by atoms with E-state index in [-0.39, 0.29) is 0 Å². The van der Waals surface area contributed by atoms with Crippen LogP contribution in [0.1, 0.15) is 30.2 Å². The number of hydrogen-bond donors (Lipinski definition) is 1. The maximum Gasteiger partial charge on any atom is 0.107 e. The molecular formula is C12H23N3S. The molecule has 0 unspecified atom stereocenters. The number of nitrogens with zero attached hydrogens (tertiary/aromatic N) is 2. The minimum absolute atomic E-state index is 0.913. The Labute approximate surface area is 103 Å². The van der Waals surface area contributed by atoms with Crippen molar-refractivity contribution in [2.75, 3.05) is 26.2 Å². The Morgan fingerprint density at radius 3 is 2.69 bits per heavy atom. The van der Waals surface area contributed by atoms with Crippen molar-refractivity contribution in [2.45, 2.75) is 33.7 Å². The third-order valence-corrected chi connectivity index (χ3v) is 3.58. The van der Waals surface area contributed by atoms with Crippen molar-refractivity contribution in [1.29, 1.82) is 0 Å². The first-order valence-electron chi connectivity index (χ1n) is 6.10. The topological polar surface area (TPSA) is 28.2 Å². The van der Waals surface area contributed by atoms with Crippen LogP contribution in [-0.4, -0.2) is 36.1 Å². The van der Waals surface area contributed by atoms with Gasteiger partial charge in [0.15, 0.2) is 0 Å². The molecule has 0 radical (unpaired) electrons. The third-order valence-electron chi connectivity index (χ3n) is 2.67. The average molecular weight is 241 g/mol. The number of hydrogen-bond acceptors (Lipinski definition) is 4. The summed E-state index contributed by atoms with van der Waals surface area (Å²) in [5.41, 5.74) is 0. The molecular weight excluding hydrogens is 218 g/mol. The minimum Gasteiger partial charge on any atom is -0.310 e. The van der Waals surface area contributed by atoms with E-state index in [0.29, 0.717) is 0 Å². The van der Waals surface area contributed by atoms with Crippen molar-refractivity contribution in [1.82, 2.24) is 15.2 Å². The summed E-state index contributed by atoms with van der Waals surface area (Å²) in [7, 11) is 0. The number of thiazole rings is 1. The van der Waals surface area contributed by atoms with Crippen LogP contribution in [0, 0.1) is 6.92 Å². The number of aryl methyl sites for hydroxylation is 1. The van der Waals surface area contributed by atoms with Gasteiger partial charge in [-0.15, -0.1) is 11.3 Å². The molecule has 0 spiro atoms. The molecule has 16 heavy (non-hydrogen) atoms. The first-order chi connectivity index (χ1) is 7.76. The first-order valence-corrected chi connectivity index (χ1v) is 6.92. The SMILES string of the molecule is CCN(CC)CCCNCc1ncc(C)s1. The maximum absolute atomic E-state index is 4.33. The minimum atomic E-state index is 0.913. The van der Waals surface area contributed by atoms with Gasteiger partial charge >= 0.3 is 0 Å². The van der Waals surface area contributed by atoms with Crippen molar-refractivity contribution in [2.24, 2.45) is 0 Å². The highest BCUT2D eigenvalue weighted by atomic mass is 32.1. The molecule has 1 N–H and O–H groups in total. The Morgan fingerprint density at radius 1 is 1.38 bits per heavy atom. The predicted molar refractivity (Wildman–Crippen MR) is 71.0 cm³/mol. The van der Waals surface area contributed by atoms with Gasteiger partial charge in [-0.1, -0.05) is 13.8 Å².